The quantitative estimate of drug-likeness (QED) is 0.899. The minimum absolute atomic E-state index is 0.0790. The Morgan fingerprint density at radius 3 is 2.75 bits per heavy atom. The van der Waals surface area contributed by atoms with E-state index in [4.69, 9.17) is 0 Å². The van der Waals surface area contributed by atoms with E-state index in [0.717, 1.165) is 10.9 Å². The molecular weight excluding hydrogens is 252 g/mol. The van der Waals surface area contributed by atoms with Crippen LogP contribution in [0.25, 0.3) is 10.9 Å². The summed E-state index contributed by atoms with van der Waals surface area (Å²) < 4.78 is 1.98. The number of rotatable bonds is 4. The fraction of sp³-hybridized carbons (Fsp3) is 0.438. The van der Waals surface area contributed by atoms with Crippen LogP contribution in [0.15, 0.2) is 30.5 Å². The van der Waals surface area contributed by atoms with Crippen molar-refractivity contribution in [3.05, 3.63) is 36.0 Å². The van der Waals surface area contributed by atoms with E-state index in [-0.39, 0.29) is 18.4 Å². The molecule has 4 heteroatoms. The molecule has 0 bridgehead atoms. The van der Waals surface area contributed by atoms with Gasteiger partial charge in [-0.3, -0.25) is 4.79 Å². The van der Waals surface area contributed by atoms with Crippen molar-refractivity contribution >= 4 is 16.8 Å². The molecule has 0 saturated carbocycles. The normalized spacial score (nSPS) is 14.5. The number of hydrogen-bond acceptors (Lipinski definition) is 2. The summed E-state index contributed by atoms with van der Waals surface area (Å²) in [6, 6.07) is 7.60. The second kappa shape index (κ2) is 5.29. The third-order valence-corrected chi connectivity index (χ3v) is 4.02. The van der Waals surface area contributed by atoms with E-state index < -0.39 is 5.60 Å². The van der Waals surface area contributed by atoms with Gasteiger partial charge in [0.2, 0.25) is 0 Å². The fourth-order valence-electron chi connectivity index (χ4n) is 2.06. The van der Waals surface area contributed by atoms with Gasteiger partial charge in [0.1, 0.15) is 0 Å². The van der Waals surface area contributed by atoms with E-state index in [1.54, 1.807) is 6.92 Å². The first-order valence-electron chi connectivity index (χ1n) is 6.87. The zero-order valence-electron chi connectivity index (χ0n) is 12.5. The molecule has 1 amide bonds. The number of nitrogens with one attached hydrogen (secondary N) is 1. The lowest BCUT2D eigenvalue weighted by atomic mass is 9.92. The number of aromatic nitrogens is 1. The van der Waals surface area contributed by atoms with Gasteiger partial charge in [-0.1, -0.05) is 19.9 Å². The monoisotopic (exact) mass is 274 g/mol. The molecule has 0 aliphatic heterocycles. The van der Waals surface area contributed by atoms with Crippen molar-refractivity contribution in [3.8, 4) is 0 Å². The number of fused-ring (bicyclic) bond motifs is 1. The van der Waals surface area contributed by atoms with Gasteiger partial charge in [0.05, 0.1) is 5.60 Å². The molecule has 1 heterocycles. The molecular formula is C16H22N2O2. The SMILES string of the molecule is CC(C)C(C)(O)CNC(=O)c1cccc2c1ccn2C. The van der Waals surface area contributed by atoms with Gasteiger partial charge < -0.3 is 15.0 Å². The highest BCUT2D eigenvalue weighted by molar-refractivity contribution is 6.06. The number of aliphatic hydroxyl groups is 1. The first-order chi connectivity index (χ1) is 9.33. The highest BCUT2D eigenvalue weighted by Gasteiger charge is 2.25. The molecule has 1 atom stereocenters. The van der Waals surface area contributed by atoms with Gasteiger partial charge in [-0.25, -0.2) is 0 Å². The standard InChI is InChI=1S/C16H22N2O2/c1-11(2)16(3,20)10-17-15(19)13-6-5-7-14-12(13)8-9-18(14)4/h5-9,11,20H,10H2,1-4H3,(H,17,19). The molecule has 1 unspecified atom stereocenters. The number of aryl methyl sites for hydroxylation is 1. The van der Waals surface area contributed by atoms with Gasteiger partial charge in [-0.2, -0.15) is 0 Å². The van der Waals surface area contributed by atoms with Crippen molar-refractivity contribution in [2.45, 2.75) is 26.4 Å². The molecule has 20 heavy (non-hydrogen) atoms. The van der Waals surface area contributed by atoms with Gasteiger partial charge >= 0.3 is 0 Å². The number of carbonyl (C=O) groups is 1. The zero-order valence-corrected chi connectivity index (χ0v) is 12.5. The third kappa shape index (κ3) is 2.70. The Bertz CT molecular complexity index is 626. The summed E-state index contributed by atoms with van der Waals surface area (Å²) in [5, 5.41) is 13.9. The second-order valence-corrected chi connectivity index (χ2v) is 5.86. The van der Waals surface area contributed by atoms with Crippen LogP contribution in [0.3, 0.4) is 0 Å². The van der Waals surface area contributed by atoms with Crippen LogP contribution < -0.4 is 5.32 Å². The largest absolute Gasteiger partial charge is 0.388 e. The van der Waals surface area contributed by atoms with Gasteiger partial charge in [-0.05, 0) is 31.0 Å². The molecule has 4 nitrogen and oxygen atoms in total. The van der Waals surface area contributed by atoms with Crippen molar-refractivity contribution < 1.29 is 9.90 Å². The first kappa shape index (κ1) is 14.6. The summed E-state index contributed by atoms with van der Waals surface area (Å²) in [5.74, 6) is -0.0713. The minimum atomic E-state index is -0.903. The molecule has 1 aromatic carbocycles. The molecule has 2 N–H and O–H groups in total. The summed E-state index contributed by atoms with van der Waals surface area (Å²) >= 11 is 0. The van der Waals surface area contributed by atoms with Crippen LogP contribution in [-0.4, -0.2) is 27.7 Å². The maximum atomic E-state index is 12.3. The Labute approximate surface area is 119 Å². The third-order valence-electron chi connectivity index (χ3n) is 4.02. The Balaban J connectivity index is 2.20. The lowest BCUT2D eigenvalue weighted by molar-refractivity contribution is 0.0142. The molecule has 2 rings (SSSR count). The molecule has 2 aromatic rings. The minimum Gasteiger partial charge on any atom is -0.388 e. The Morgan fingerprint density at radius 2 is 2.10 bits per heavy atom. The first-order valence-corrected chi connectivity index (χ1v) is 6.87. The molecule has 108 valence electrons. The average Bonchev–Trinajstić information content (AvgIpc) is 2.78. The lowest BCUT2D eigenvalue weighted by Gasteiger charge is -2.27. The van der Waals surface area contributed by atoms with E-state index in [1.165, 1.54) is 0 Å². The summed E-state index contributed by atoms with van der Waals surface area (Å²) in [6.07, 6.45) is 1.94. The molecule has 1 aromatic heterocycles. The maximum Gasteiger partial charge on any atom is 0.252 e. The Hall–Kier alpha value is -1.81. The number of carbonyl (C=O) groups excluding carboxylic acids is 1. The molecule has 0 radical (unpaired) electrons. The smallest absolute Gasteiger partial charge is 0.252 e. The number of amides is 1. The van der Waals surface area contributed by atoms with E-state index in [0.29, 0.717) is 5.56 Å². The van der Waals surface area contributed by atoms with E-state index in [1.807, 2.05) is 55.9 Å². The average molecular weight is 274 g/mol. The highest BCUT2D eigenvalue weighted by Crippen LogP contribution is 2.20. The Morgan fingerprint density at radius 1 is 1.40 bits per heavy atom. The van der Waals surface area contributed by atoms with E-state index >= 15 is 0 Å². The van der Waals surface area contributed by atoms with Crippen molar-refractivity contribution in [3.63, 3.8) is 0 Å². The lowest BCUT2D eigenvalue weighted by Crippen LogP contribution is -2.44. The Kier molecular flexibility index (Phi) is 3.86. The van der Waals surface area contributed by atoms with Gasteiger partial charge in [0, 0.05) is 36.3 Å². The molecule has 0 saturated heterocycles. The molecule has 0 aliphatic carbocycles. The second-order valence-electron chi connectivity index (χ2n) is 5.86. The molecule has 0 fully saturated rings. The fourth-order valence-corrected chi connectivity index (χ4v) is 2.06. The van der Waals surface area contributed by atoms with Crippen LogP contribution in [0, 0.1) is 5.92 Å². The number of benzene rings is 1. The molecule has 0 aliphatic rings. The predicted molar refractivity (Wildman–Crippen MR) is 80.7 cm³/mol. The van der Waals surface area contributed by atoms with Crippen molar-refractivity contribution in [1.29, 1.82) is 0 Å². The molecule has 0 spiro atoms. The van der Waals surface area contributed by atoms with Crippen LogP contribution in [0.4, 0.5) is 0 Å². The van der Waals surface area contributed by atoms with Crippen LogP contribution in [-0.2, 0) is 7.05 Å². The van der Waals surface area contributed by atoms with Gasteiger partial charge in [0.15, 0.2) is 0 Å². The summed E-state index contributed by atoms with van der Waals surface area (Å²) in [6.45, 7) is 5.85. The number of nitrogens with zero attached hydrogens (tertiary/aromatic N) is 1. The maximum absolute atomic E-state index is 12.3. The summed E-state index contributed by atoms with van der Waals surface area (Å²) in [7, 11) is 1.95. The van der Waals surface area contributed by atoms with Crippen molar-refractivity contribution in [2.75, 3.05) is 6.54 Å². The van der Waals surface area contributed by atoms with Crippen LogP contribution >= 0.6 is 0 Å². The highest BCUT2D eigenvalue weighted by atomic mass is 16.3. The van der Waals surface area contributed by atoms with E-state index in [9.17, 15) is 9.90 Å². The van der Waals surface area contributed by atoms with Crippen molar-refractivity contribution in [2.24, 2.45) is 13.0 Å². The van der Waals surface area contributed by atoms with Crippen molar-refractivity contribution in [1.82, 2.24) is 9.88 Å². The number of hydrogen-bond donors (Lipinski definition) is 2. The van der Waals surface area contributed by atoms with Crippen LogP contribution in [0.2, 0.25) is 0 Å². The predicted octanol–water partition coefficient (Wildman–Crippen LogP) is 2.32. The van der Waals surface area contributed by atoms with Crippen LogP contribution in [0.1, 0.15) is 31.1 Å². The van der Waals surface area contributed by atoms with Gasteiger partial charge in [-0.15, -0.1) is 0 Å². The zero-order chi connectivity index (χ0) is 14.9. The van der Waals surface area contributed by atoms with Crippen LogP contribution in [0.5, 0.6) is 0 Å². The summed E-state index contributed by atoms with van der Waals surface area (Å²) in [5.41, 5.74) is 0.760. The van der Waals surface area contributed by atoms with Gasteiger partial charge in [0.25, 0.3) is 5.91 Å². The topological polar surface area (TPSA) is 54.3 Å². The summed E-state index contributed by atoms with van der Waals surface area (Å²) in [4.78, 5) is 12.3. The van der Waals surface area contributed by atoms with E-state index in [2.05, 4.69) is 5.32 Å².